The van der Waals surface area contributed by atoms with Gasteiger partial charge in [-0.2, -0.15) is 0 Å². The Morgan fingerprint density at radius 2 is 2.14 bits per heavy atom. The molecule has 14 heavy (non-hydrogen) atoms. The fourth-order valence-electron chi connectivity index (χ4n) is 0.725. The highest BCUT2D eigenvalue weighted by atomic mass is 35.7. The molecule has 7 nitrogen and oxygen atoms in total. The molecule has 0 amide bonds. The minimum atomic E-state index is -4.03. The first-order valence-electron chi connectivity index (χ1n) is 3.17. The summed E-state index contributed by atoms with van der Waals surface area (Å²) in [5.41, 5.74) is 4.55. The molecule has 0 spiro atoms. The van der Waals surface area contributed by atoms with E-state index in [9.17, 15) is 18.5 Å². The Kier molecular flexibility index (Phi) is 2.58. The van der Waals surface area contributed by atoms with Crippen LogP contribution < -0.4 is 5.73 Å². The topological polar surface area (TPSA) is 116 Å². The Morgan fingerprint density at radius 1 is 1.57 bits per heavy atom. The quantitative estimate of drug-likeness (QED) is 0.455. The van der Waals surface area contributed by atoms with Gasteiger partial charge in [0.25, 0.3) is 9.05 Å². The Balaban J connectivity index is 3.42. The zero-order valence-corrected chi connectivity index (χ0v) is 8.12. The lowest BCUT2D eigenvalue weighted by Crippen LogP contribution is -2.01. The van der Waals surface area contributed by atoms with E-state index in [0.29, 0.717) is 0 Å². The van der Waals surface area contributed by atoms with Gasteiger partial charge in [-0.25, -0.2) is 13.4 Å². The number of nitrogens with two attached hydrogens (primary N) is 1. The van der Waals surface area contributed by atoms with Crippen LogP contribution in [0.2, 0.25) is 0 Å². The third-order valence-corrected chi connectivity index (χ3v) is 2.67. The van der Waals surface area contributed by atoms with Crippen molar-refractivity contribution in [3.8, 4) is 0 Å². The van der Waals surface area contributed by atoms with Gasteiger partial charge in [0.1, 0.15) is 4.90 Å². The normalized spacial score (nSPS) is 11.2. The van der Waals surface area contributed by atoms with Crippen LogP contribution in [0.25, 0.3) is 0 Å². The van der Waals surface area contributed by atoms with E-state index in [0.717, 1.165) is 12.3 Å². The summed E-state index contributed by atoms with van der Waals surface area (Å²) in [7, 11) is 0.930. The van der Waals surface area contributed by atoms with E-state index in [2.05, 4.69) is 4.98 Å². The Bertz CT molecular complexity index is 486. The van der Waals surface area contributed by atoms with E-state index in [-0.39, 0.29) is 5.82 Å². The molecule has 0 fully saturated rings. The van der Waals surface area contributed by atoms with Crippen LogP contribution in [0.3, 0.4) is 0 Å². The van der Waals surface area contributed by atoms with Gasteiger partial charge in [0.2, 0.25) is 5.82 Å². The van der Waals surface area contributed by atoms with Gasteiger partial charge < -0.3 is 5.73 Å². The molecule has 0 atom stereocenters. The van der Waals surface area contributed by atoms with E-state index < -0.39 is 24.6 Å². The summed E-state index contributed by atoms with van der Waals surface area (Å²) in [6.45, 7) is 0. The molecular weight excluding hydrogens is 234 g/mol. The minimum Gasteiger partial charge on any atom is -0.378 e. The molecule has 1 aromatic rings. The van der Waals surface area contributed by atoms with E-state index >= 15 is 0 Å². The standard InChI is InChI=1S/C5H4ClN3O4S/c6-14(12,13)3-1-4(9(10)11)5(7)8-2-3/h1-2H,(H2,7,8). The molecule has 1 rings (SSSR count). The lowest BCUT2D eigenvalue weighted by Gasteiger charge is -1.97. The number of nitro groups is 1. The first-order valence-corrected chi connectivity index (χ1v) is 5.48. The lowest BCUT2D eigenvalue weighted by atomic mass is 10.4. The summed E-state index contributed by atoms with van der Waals surface area (Å²) in [5.74, 6) is -0.362. The Labute approximate surface area is 83.1 Å². The summed E-state index contributed by atoms with van der Waals surface area (Å²) in [5, 5.41) is 10.3. The van der Waals surface area contributed by atoms with E-state index in [1.165, 1.54) is 0 Å². The first-order chi connectivity index (χ1) is 6.32. The molecule has 1 heterocycles. The summed E-state index contributed by atoms with van der Waals surface area (Å²) < 4.78 is 21.6. The van der Waals surface area contributed by atoms with Crippen LogP contribution in [0.15, 0.2) is 17.2 Å². The van der Waals surface area contributed by atoms with Gasteiger partial charge in [0.15, 0.2) is 0 Å². The minimum absolute atomic E-state index is 0.362. The van der Waals surface area contributed by atoms with E-state index in [4.69, 9.17) is 16.4 Å². The molecule has 0 aliphatic rings. The highest BCUT2D eigenvalue weighted by molar-refractivity contribution is 8.13. The number of hydrogen-bond donors (Lipinski definition) is 1. The number of rotatable bonds is 2. The second kappa shape index (κ2) is 3.39. The van der Waals surface area contributed by atoms with Crippen molar-refractivity contribution in [3.05, 3.63) is 22.4 Å². The van der Waals surface area contributed by atoms with Crippen molar-refractivity contribution in [2.24, 2.45) is 0 Å². The maximum absolute atomic E-state index is 10.8. The third kappa shape index (κ3) is 2.09. The summed E-state index contributed by atoms with van der Waals surface area (Å²) in [6, 6.07) is 0.755. The molecule has 2 N–H and O–H groups in total. The molecule has 76 valence electrons. The maximum Gasteiger partial charge on any atom is 0.312 e. The number of pyridine rings is 1. The van der Waals surface area contributed by atoms with Crippen LogP contribution in [0.1, 0.15) is 0 Å². The molecule has 1 aromatic heterocycles. The number of hydrogen-bond acceptors (Lipinski definition) is 6. The van der Waals surface area contributed by atoms with Crippen LogP contribution in [0.5, 0.6) is 0 Å². The van der Waals surface area contributed by atoms with Crippen LogP contribution in [0.4, 0.5) is 11.5 Å². The van der Waals surface area contributed by atoms with Crippen molar-refractivity contribution in [2.45, 2.75) is 4.90 Å². The second-order valence-corrected chi connectivity index (χ2v) is 4.84. The van der Waals surface area contributed by atoms with Crippen LogP contribution in [0, 0.1) is 10.1 Å². The van der Waals surface area contributed by atoms with Gasteiger partial charge in [-0.15, -0.1) is 0 Å². The van der Waals surface area contributed by atoms with Crippen molar-refractivity contribution in [2.75, 3.05) is 5.73 Å². The maximum atomic E-state index is 10.8. The highest BCUT2D eigenvalue weighted by Gasteiger charge is 2.19. The van der Waals surface area contributed by atoms with Crippen molar-refractivity contribution in [1.82, 2.24) is 4.98 Å². The molecule has 0 unspecified atom stereocenters. The highest BCUT2D eigenvalue weighted by Crippen LogP contribution is 2.23. The number of halogens is 1. The van der Waals surface area contributed by atoms with Gasteiger partial charge in [0.05, 0.1) is 4.92 Å². The Hall–Kier alpha value is -1.41. The van der Waals surface area contributed by atoms with Gasteiger partial charge in [-0.1, -0.05) is 0 Å². The molecule has 0 saturated carbocycles. The molecular formula is C5H4ClN3O4S. The zero-order valence-electron chi connectivity index (χ0n) is 6.55. The fourth-order valence-corrected chi connectivity index (χ4v) is 1.41. The smallest absolute Gasteiger partial charge is 0.312 e. The zero-order chi connectivity index (χ0) is 10.9. The lowest BCUT2D eigenvalue weighted by molar-refractivity contribution is -0.384. The average molecular weight is 238 g/mol. The predicted molar refractivity (Wildman–Crippen MR) is 48.3 cm³/mol. The molecule has 0 aromatic carbocycles. The molecule has 0 radical (unpaired) electrons. The molecule has 0 aliphatic heterocycles. The molecule has 0 aliphatic carbocycles. The van der Waals surface area contributed by atoms with E-state index in [1.807, 2.05) is 0 Å². The van der Waals surface area contributed by atoms with Crippen LogP contribution >= 0.6 is 10.7 Å². The van der Waals surface area contributed by atoms with E-state index in [1.54, 1.807) is 0 Å². The number of nitrogens with zero attached hydrogens (tertiary/aromatic N) is 2. The van der Waals surface area contributed by atoms with Crippen molar-refractivity contribution < 1.29 is 13.3 Å². The summed E-state index contributed by atoms with van der Waals surface area (Å²) in [6.07, 6.45) is 0.852. The largest absolute Gasteiger partial charge is 0.378 e. The van der Waals surface area contributed by atoms with Crippen LogP contribution in [-0.2, 0) is 9.05 Å². The third-order valence-electron chi connectivity index (χ3n) is 1.35. The Morgan fingerprint density at radius 3 is 2.57 bits per heavy atom. The first kappa shape index (κ1) is 10.7. The van der Waals surface area contributed by atoms with Crippen LogP contribution in [-0.4, -0.2) is 18.3 Å². The number of anilines is 1. The average Bonchev–Trinajstić information content (AvgIpc) is 2.02. The number of aromatic nitrogens is 1. The number of nitrogen functional groups attached to an aromatic ring is 1. The fraction of sp³-hybridized carbons (Fsp3) is 0. The van der Waals surface area contributed by atoms with Gasteiger partial charge >= 0.3 is 5.69 Å². The summed E-state index contributed by atoms with van der Waals surface area (Å²) in [4.78, 5) is 12.4. The summed E-state index contributed by atoms with van der Waals surface area (Å²) >= 11 is 0. The molecule has 0 saturated heterocycles. The van der Waals surface area contributed by atoms with Crippen molar-refractivity contribution in [1.29, 1.82) is 0 Å². The van der Waals surface area contributed by atoms with Gasteiger partial charge in [-0.05, 0) is 0 Å². The van der Waals surface area contributed by atoms with Crippen molar-refractivity contribution >= 4 is 31.2 Å². The SMILES string of the molecule is Nc1ncc(S(=O)(=O)Cl)cc1[N+](=O)[O-]. The predicted octanol–water partition coefficient (Wildman–Crippen LogP) is 0.500. The molecule has 9 heteroatoms. The monoisotopic (exact) mass is 237 g/mol. The molecule has 0 bridgehead atoms. The van der Waals surface area contributed by atoms with Gasteiger partial charge in [-0.3, -0.25) is 10.1 Å². The van der Waals surface area contributed by atoms with Crippen molar-refractivity contribution in [3.63, 3.8) is 0 Å². The van der Waals surface area contributed by atoms with Gasteiger partial charge in [0, 0.05) is 22.9 Å². The second-order valence-electron chi connectivity index (χ2n) is 2.27.